The van der Waals surface area contributed by atoms with Crippen LogP contribution in [0.15, 0.2) is 60.7 Å². The highest BCUT2D eigenvalue weighted by Gasteiger charge is 2.51. The van der Waals surface area contributed by atoms with Crippen molar-refractivity contribution in [3.8, 4) is 0 Å². The van der Waals surface area contributed by atoms with E-state index in [9.17, 15) is 5.11 Å². The minimum absolute atomic E-state index is 0.0126. The molecule has 1 aliphatic carbocycles. The molecule has 2 aromatic rings. The first-order valence-electron chi connectivity index (χ1n) is 9.80. The Kier molecular flexibility index (Phi) is 5.71. The molecule has 2 aromatic carbocycles. The van der Waals surface area contributed by atoms with Crippen molar-refractivity contribution in [3.63, 3.8) is 0 Å². The molecule has 1 N–H and O–H groups in total. The molecule has 0 bridgehead atoms. The van der Waals surface area contributed by atoms with E-state index in [1.807, 2.05) is 0 Å². The number of hydrogen-bond donors (Lipinski definition) is 1. The minimum atomic E-state index is -2.51. The molecule has 0 amide bonds. The first-order valence-corrected chi connectivity index (χ1v) is 11.7. The highest BCUT2D eigenvalue weighted by molar-refractivity contribution is 6.99. The van der Waals surface area contributed by atoms with Gasteiger partial charge in [-0.2, -0.15) is 0 Å². The maximum atomic E-state index is 10.3. The van der Waals surface area contributed by atoms with Crippen LogP contribution in [0.4, 0.5) is 0 Å². The van der Waals surface area contributed by atoms with E-state index in [0.717, 1.165) is 19.3 Å². The Morgan fingerprint density at radius 3 is 1.77 bits per heavy atom. The van der Waals surface area contributed by atoms with Gasteiger partial charge in [0.25, 0.3) is 8.32 Å². The lowest BCUT2D eigenvalue weighted by Gasteiger charge is -2.46. The summed E-state index contributed by atoms with van der Waals surface area (Å²) in [5, 5.41) is 12.9. The molecule has 1 saturated carbocycles. The number of rotatable bonds is 4. The lowest BCUT2D eigenvalue weighted by molar-refractivity contribution is 0.0263. The fraction of sp³-hybridized carbons (Fsp3) is 0.478. The van der Waals surface area contributed by atoms with Gasteiger partial charge in [-0.25, -0.2) is 0 Å². The van der Waals surface area contributed by atoms with Crippen LogP contribution < -0.4 is 10.4 Å². The van der Waals surface area contributed by atoms with Crippen LogP contribution in [-0.4, -0.2) is 25.6 Å². The van der Waals surface area contributed by atoms with Crippen LogP contribution in [0.3, 0.4) is 0 Å². The van der Waals surface area contributed by atoms with Crippen molar-refractivity contribution >= 4 is 18.7 Å². The predicted octanol–water partition coefficient (Wildman–Crippen LogP) is 4.11. The normalized spacial score (nSPS) is 24.4. The number of aliphatic hydroxyl groups excluding tert-OH is 1. The Morgan fingerprint density at radius 2 is 1.35 bits per heavy atom. The molecule has 1 aliphatic rings. The van der Waals surface area contributed by atoms with Gasteiger partial charge in [0.05, 0.1) is 6.10 Å². The highest BCUT2D eigenvalue weighted by Crippen LogP contribution is 2.39. The number of benzene rings is 2. The summed E-state index contributed by atoms with van der Waals surface area (Å²) >= 11 is 0. The van der Waals surface area contributed by atoms with Crippen molar-refractivity contribution in [1.82, 2.24) is 0 Å². The summed E-state index contributed by atoms with van der Waals surface area (Å²) in [5.74, 6) is 0.502. The Labute approximate surface area is 159 Å². The molecule has 3 atom stereocenters. The largest absolute Gasteiger partial charge is 0.404 e. The molecule has 3 heteroatoms. The molecule has 3 unspecified atom stereocenters. The second kappa shape index (κ2) is 7.67. The molecule has 1 fully saturated rings. The zero-order chi connectivity index (χ0) is 18.8. The van der Waals surface area contributed by atoms with E-state index < -0.39 is 8.32 Å². The topological polar surface area (TPSA) is 29.5 Å². The van der Waals surface area contributed by atoms with Gasteiger partial charge in [-0.15, -0.1) is 0 Å². The lowest BCUT2D eigenvalue weighted by Crippen LogP contribution is -2.68. The maximum Gasteiger partial charge on any atom is 0.261 e. The van der Waals surface area contributed by atoms with Gasteiger partial charge in [-0.05, 0) is 40.6 Å². The average Bonchev–Trinajstić information content (AvgIpc) is 2.59. The van der Waals surface area contributed by atoms with Gasteiger partial charge >= 0.3 is 0 Å². The zero-order valence-corrected chi connectivity index (χ0v) is 17.5. The smallest absolute Gasteiger partial charge is 0.261 e. The van der Waals surface area contributed by atoms with E-state index >= 15 is 0 Å². The van der Waals surface area contributed by atoms with Crippen LogP contribution in [0.5, 0.6) is 0 Å². The minimum Gasteiger partial charge on any atom is -0.404 e. The Morgan fingerprint density at radius 1 is 0.846 bits per heavy atom. The van der Waals surface area contributed by atoms with Gasteiger partial charge in [0.15, 0.2) is 0 Å². The van der Waals surface area contributed by atoms with Gasteiger partial charge in [-0.3, -0.25) is 0 Å². The van der Waals surface area contributed by atoms with Gasteiger partial charge in [0, 0.05) is 6.10 Å². The third-order valence-electron chi connectivity index (χ3n) is 5.63. The molecule has 2 nitrogen and oxygen atoms in total. The third-order valence-corrected chi connectivity index (χ3v) is 10.7. The molecular weight excluding hydrogens is 336 g/mol. The standard InChI is InChI=1S/C23H32O2Si/c1-18-15-19(24)17-20(16-18)25-26(23(2,3)4,21-11-7-5-8-12-21)22-13-9-6-10-14-22/h5-14,18-20,24H,15-17H2,1-4H3. The summed E-state index contributed by atoms with van der Waals surface area (Å²) < 4.78 is 7.14. The van der Waals surface area contributed by atoms with Crippen molar-refractivity contribution < 1.29 is 9.53 Å². The molecule has 0 radical (unpaired) electrons. The van der Waals surface area contributed by atoms with E-state index in [1.165, 1.54) is 10.4 Å². The molecule has 26 heavy (non-hydrogen) atoms. The van der Waals surface area contributed by atoms with Gasteiger partial charge in [-0.1, -0.05) is 88.4 Å². The van der Waals surface area contributed by atoms with Crippen molar-refractivity contribution in [1.29, 1.82) is 0 Å². The van der Waals surface area contributed by atoms with E-state index in [1.54, 1.807) is 0 Å². The van der Waals surface area contributed by atoms with Crippen LogP contribution in [0, 0.1) is 5.92 Å². The molecule has 0 saturated heterocycles. The van der Waals surface area contributed by atoms with E-state index in [-0.39, 0.29) is 17.2 Å². The second-order valence-electron chi connectivity index (χ2n) is 8.87. The number of aliphatic hydroxyl groups is 1. The van der Waals surface area contributed by atoms with Crippen molar-refractivity contribution in [2.75, 3.05) is 0 Å². The molecule has 0 spiro atoms. The van der Waals surface area contributed by atoms with Crippen LogP contribution in [0.2, 0.25) is 5.04 Å². The van der Waals surface area contributed by atoms with E-state index in [2.05, 4.69) is 88.4 Å². The van der Waals surface area contributed by atoms with Crippen molar-refractivity contribution in [2.24, 2.45) is 5.92 Å². The molecular formula is C23H32O2Si. The predicted molar refractivity (Wildman–Crippen MR) is 112 cm³/mol. The monoisotopic (exact) mass is 368 g/mol. The van der Waals surface area contributed by atoms with Crippen molar-refractivity contribution in [3.05, 3.63) is 60.7 Å². The summed E-state index contributed by atoms with van der Waals surface area (Å²) in [6, 6.07) is 21.5. The first kappa shape index (κ1) is 19.3. The van der Waals surface area contributed by atoms with Crippen LogP contribution >= 0.6 is 0 Å². The summed E-state index contributed by atoms with van der Waals surface area (Å²) in [6.07, 6.45) is 2.53. The van der Waals surface area contributed by atoms with Crippen LogP contribution in [-0.2, 0) is 4.43 Å². The van der Waals surface area contributed by atoms with Gasteiger partial charge < -0.3 is 9.53 Å². The fourth-order valence-electron chi connectivity index (χ4n) is 4.54. The Hall–Kier alpha value is -1.42. The summed E-state index contributed by atoms with van der Waals surface area (Å²) in [4.78, 5) is 0. The average molecular weight is 369 g/mol. The summed E-state index contributed by atoms with van der Waals surface area (Å²) in [6.45, 7) is 9.15. The van der Waals surface area contributed by atoms with Gasteiger partial charge in [0.1, 0.15) is 0 Å². The summed E-state index contributed by atoms with van der Waals surface area (Å²) in [7, 11) is -2.51. The quantitative estimate of drug-likeness (QED) is 0.823. The first-order chi connectivity index (χ1) is 12.3. The third kappa shape index (κ3) is 3.80. The van der Waals surface area contributed by atoms with Crippen molar-refractivity contribution in [2.45, 2.75) is 64.2 Å². The molecule has 0 heterocycles. The van der Waals surface area contributed by atoms with E-state index in [0.29, 0.717) is 5.92 Å². The highest BCUT2D eigenvalue weighted by atomic mass is 28.4. The van der Waals surface area contributed by atoms with E-state index in [4.69, 9.17) is 4.43 Å². The second-order valence-corrected chi connectivity index (χ2v) is 13.1. The van der Waals surface area contributed by atoms with Gasteiger partial charge in [0.2, 0.25) is 0 Å². The van der Waals surface area contributed by atoms with Crippen LogP contribution in [0.1, 0.15) is 47.0 Å². The molecule has 0 aliphatic heterocycles. The molecule has 3 rings (SSSR count). The zero-order valence-electron chi connectivity index (χ0n) is 16.5. The SMILES string of the molecule is CC1CC(O)CC(O[Si](c2ccccc2)(c2ccccc2)C(C)(C)C)C1. The molecule has 0 aromatic heterocycles. The number of hydrogen-bond acceptors (Lipinski definition) is 2. The lowest BCUT2D eigenvalue weighted by atomic mass is 9.87. The van der Waals surface area contributed by atoms with Crippen LogP contribution in [0.25, 0.3) is 0 Å². The Balaban J connectivity index is 2.11. The Bertz CT molecular complexity index is 644. The fourth-order valence-corrected chi connectivity index (χ4v) is 9.25. The maximum absolute atomic E-state index is 10.3. The summed E-state index contributed by atoms with van der Waals surface area (Å²) in [5.41, 5.74) is 0. The molecule has 140 valence electrons.